The van der Waals surface area contributed by atoms with E-state index in [1.807, 2.05) is 61.1 Å². The molecule has 1 N–H and O–H groups in total. The zero-order valence-electron chi connectivity index (χ0n) is 13.8. The first-order valence-electron chi connectivity index (χ1n) is 7.57. The van der Waals surface area contributed by atoms with E-state index in [-0.39, 0.29) is 5.91 Å². The van der Waals surface area contributed by atoms with Crippen LogP contribution in [0.1, 0.15) is 32.0 Å². The normalized spacial score (nSPS) is 12.0. The Morgan fingerprint density at radius 3 is 2.71 bits per heavy atom. The minimum absolute atomic E-state index is 0.119. The number of thiophene rings is 1. The van der Waals surface area contributed by atoms with Crippen LogP contribution < -0.4 is 10.1 Å². The van der Waals surface area contributed by atoms with E-state index in [0.29, 0.717) is 10.6 Å². The Morgan fingerprint density at radius 1 is 1.29 bits per heavy atom. The van der Waals surface area contributed by atoms with Crippen LogP contribution in [0.15, 0.2) is 48.8 Å². The molecule has 0 unspecified atom stereocenters. The van der Waals surface area contributed by atoms with Gasteiger partial charge in [-0.25, -0.2) is 4.98 Å². The first-order chi connectivity index (χ1) is 11.6. The van der Waals surface area contributed by atoms with Crippen LogP contribution in [-0.2, 0) is 7.05 Å². The molecule has 0 aliphatic heterocycles. The molecular formula is C18H19N3O2S. The summed E-state index contributed by atoms with van der Waals surface area (Å²) in [7, 11) is 3.53. The van der Waals surface area contributed by atoms with Crippen LogP contribution in [0.25, 0.3) is 0 Å². The van der Waals surface area contributed by atoms with Gasteiger partial charge in [0.1, 0.15) is 17.6 Å². The van der Waals surface area contributed by atoms with E-state index in [2.05, 4.69) is 10.3 Å². The first-order valence-corrected chi connectivity index (χ1v) is 8.39. The molecule has 0 fully saturated rings. The number of aryl methyl sites for hydroxylation is 2. The zero-order chi connectivity index (χ0) is 17.1. The number of benzene rings is 1. The van der Waals surface area contributed by atoms with Gasteiger partial charge in [-0.05, 0) is 25.1 Å². The van der Waals surface area contributed by atoms with Crippen LogP contribution in [-0.4, -0.2) is 22.6 Å². The molecule has 6 heteroatoms. The average Bonchev–Trinajstić information content (AvgIpc) is 3.21. The summed E-state index contributed by atoms with van der Waals surface area (Å²) in [5, 5.41) is 3.09. The van der Waals surface area contributed by atoms with E-state index in [1.54, 1.807) is 13.3 Å². The maximum atomic E-state index is 12.7. The second kappa shape index (κ2) is 6.88. The zero-order valence-corrected chi connectivity index (χ0v) is 14.6. The molecule has 0 radical (unpaired) electrons. The highest BCUT2D eigenvalue weighted by Crippen LogP contribution is 2.29. The summed E-state index contributed by atoms with van der Waals surface area (Å²) >= 11 is 1.47. The Balaban J connectivity index is 2.00. The molecule has 1 atom stereocenters. The van der Waals surface area contributed by atoms with Crippen molar-refractivity contribution in [2.24, 2.45) is 7.05 Å². The third-order valence-electron chi connectivity index (χ3n) is 3.81. The Kier molecular flexibility index (Phi) is 4.66. The standard InChI is InChI=1S/C18H19N3O2S/c1-12-8-9-15(24-12)18(22)20-16(17-19-10-11-21(17)2)13-6-4-5-7-14(13)23-3/h4-11,16H,1-3H3,(H,20,22)/t16-/m0/s1. The van der Waals surface area contributed by atoms with E-state index >= 15 is 0 Å². The largest absolute Gasteiger partial charge is 0.496 e. The second-order valence-electron chi connectivity index (χ2n) is 5.46. The van der Waals surface area contributed by atoms with Crippen LogP contribution in [0.2, 0.25) is 0 Å². The van der Waals surface area contributed by atoms with Gasteiger partial charge in [0.25, 0.3) is 5.91 Å². The Hall–Kier alpha value is -2.60. The number of carbonyl (C=O) groups is 1. The van der Waals surface area contributed by atoms with Gasteiger partial charge in [-0.3, -0.25) is 4.79 Å². The Bertz CT molecular complexity index is 853. The van der Waals surface area contributed by atoms with Crippen LogP contribution in [0, 0.1) is 6.92 Å². The van der Waals surface area contributed by atoms with Gasteiger partial charge in [0.05, 0.1) is 12.0 Å². The number of para-hydroxylation sites is 1. The van der Waals surface area contributed by atoms with Gasteiger partial charge in [0.2, 0.25) is 0 Å². The maximum absolute atomic E-state index is 12.7. The molecule has 3 rings (SSSR count). The lowest BCUT2D eigenvalue weighted by Crippen LogP contribution is -2.30. The van der Waals surface area contributed by atoms with Gasteiger partial charge in [0.15, 0.2) is 0 Å². The summed E-state index contributed by atoms with van der Waals surface area (Å²) in [6.07, 6.45) is 3.58. The highest BCUT2D eigenvalue weighted by Gasteiger charge is 2.24. The van der Waals surface area contributed by atoms with E-state index < -0.39 is 6.04 Å². The molecule has 1 amide bonds. The topological polar surface area (TPSA) is 56.1 Å². The lowest BCUT2D eigenvalue weighted by molar-refractivity contribution is 0.0945. The molecule has 1 aromatic carbocycles. The minimum atomic E-state index is -0.393. The molecular weight excluding hydrogens is 322 g/mol. The number of methoxy groups -OCH3 is 1. The number of amides is 1. The number of aromatic nitrogens is 2. The molecule has 124 valence electrons. The predicted molar refractivity (Wildman–Crippen MR) is 94.6 cm³/mol. The second-order valence-corrected chi connectivity index (χ2v) is 6.74. The summed E-state index contributed by atoms with van der Waals surface area (Å²) in [5.74, 6) is 1.35. The van der Waals surface area contributed by atoms with Gasteiger partial charge in [-0.15, -0.1) is 11.3 Å². The highest BCUT2D eigenvalue weighted by molar-refractivity contribution is 7.13. The number of ether oxygens (including phenoxy) is 1. The first kappa shape index (κ1) is 16.3. The Labute approximate surface area is 144 Å². The molecule has 0 bridgehead atoms. The van der Waals surface area contributed by atoms with Crippen LogP contribution in [0.3, 0.4) is 0 Å². The molecule has 2 heterocycles. The van der Waals surface area contributed by atoms with Crippen molar-refractivity contribution >= 4 is 17.2 Å². The lowest BCUT2D eigenvalue weighted by Gasteiger charge is -2.21. The van der Waals surface area contributed by atoms with Crippen molar-refractivity contribution in [3.05, 3.63) is 69.9 Å². The SMILES string of the molecule is COc1ccccc1[C@H](NC(=O)c1ccc(C)s1)c1nccn1C. The van der Waals surface area contributed by atoms with Crippen molar-refractivity contribution in [1.82, 2.24) is 14.9 Å². The maximum Gasteiger partial charge on any atom is 0.262 e. The molecule has 0 saturated carbocycles. The van der Waals surface area contributed by atoms with E-state index in [1.165, 1.54) is 11.3 Å². The summed E-state index contributed by atoms with van der Waals surface area (Å²) < 4.78 is 7.37. The number of hydrogen-bond donors (Lipinski definition) is 1. The molecule has 3 aromatic rings. The molecule has 24 heavy (non-hydrogen) atoms. The van der Waals surface area contributed by atoms with Gasteiger partial charge >= 0.3 is 0 Å². The molecule has 0 spiro atoms. The fourth-order valence-electron chi connectivity index (χ4n) is 2.60. The third kappa shape index (κ3) is 3.19. The van der Waals surface area contributed by atoms with Crippen molar-refractivity contribution in [3.63, 3.8) is 0 Å². The van der Waals surface area contributed by atoms with Crippen LogP contribution in [0.5, 0.6) is 5.75 Å². The Morgan fingerprint density at radius 2 is 2.08 bits per heavy atom. The summed E-state index contributed by atoms with van der Waals surface area (Å²) in [6.45, 7) is 1.98. The number of rotatable bonds is 5. The summed E-state index contributed by atoms with van der Waals surface area (Å²) in [5.41, 5.74) is 0.871. The van der Waals surface area contributed by atoms with E-state index in [9.17, 15) is 4.79 Å². The smallest absolute Gasteiger partial charge is 0.262 e. The number of imidazole rings is 1. The monoisotopic (exact) mass is 341 g/mol. The number of nitrogens with one attached hydrogen (secondary N) is 1. The fourth-order valence-corrected chi connectivity index (χ4v) is 3.37. The van der Waals surface area contributed by atoms with Crippen LogP contribution in [0.4, 0.5) is 0 Å². The molecule has 0 saturated heterocycles. The molecule has 0 aliphatic carbocycles. The number of hydrogen-bond acceptors (Lipinski definition) is 4. The van der Waals surface area contributed by atoms with Gasteiger partial charge in [-0.1, -0.05) is 18.2 Å². The number of nitrogens with zero attached hydrogens (tertiary/aromatic N) is 2. The average molecular weight is 341 g/mol. The van der Waals surface area contributed by atoms with Crippen molar-refractivity contribution in [2.45, 2.75) is 13.0 Å². The molecule has 2 aromatic heterocycles. The minimum Gasteiger partial charge on any atom is -0.496 e. The van der Waals surface area contributed by atoms with Crippen molar-refractivity contribution in [3.8, 4) is 5.75 Å². The van der Waals surface area contributed by atoms with E-state index in [4.69, 9.17) is 4.74 Å². The quantitative estimate of drug-likeness (QED) is 0.774. The summed E-state index contributed by atoms with van der Waals surface area (Å²) in [4.78, 5) is 18.9. The summed E-state index contributed by atoms with van der Waals surface area (Å²) in [6, 6.07) is 11.0. The van der Waals surface area contributed by atoms with E-state index in [0.717, 1.165) is 16.3 Å². The van der Waals surface area contributed by atoms with Crippen molar-refractivity contribution < 1.29 is 9.53 Å². The highest BCUT2D eigenvalue weighted by atomic mass is 32.1. The van der Waals surface area contributed by atoms with Gasteiger partial charge in [0, 0.05) is 29.9 Å². The van der Waals surface area contributed by atoms with Crippen molar-refractivity contribution in [1.29, 1.82) is 0 Å². The lowest BCUT2D eigenvalue weighted by atomic mass is 10.0. The fraction of sp³-hybridized carbons (Fsp3) is 0.222. The van der Waals surface area contributed by atoms with Gasteiger partial charge in [-0.2, -0.15) is 0 Å². The molecule has 0 aliphatic rings. The third-order valence-corrected chi connectivity index (χ3v) is 4.81. The number of carbonyl (C=O) groups excluding carboxylic acids is 1. The van der Waals surface area contributed by atoms with Crippen molar-refractivity contribution in [2.75, 3.05) is 7.11 Å². The predicted octanol–water partition coefficient (Wildman–Crippen LogP) is 3.32. The van der Waals surface area contributed by atoms with Crippen LogP contribution >= 0.6 is 11.3 Å². The van der Waals surface area contributed by atoms with Gasteiger partial charge < -0.3 is 14.6 Å². The molecule has 5 nitrogen and oxygen atoms in total.